The normalized spacial score (nSPS) is 18.5. The van der Waals surface area contributed by atoms with E-state index >= 15 is 0 Å². The van der Waals surface area contributed by atoms with E-state index in [1.807, 2.05) is 0 Å². The molecule has 0 fully saturated rings. The maximum absolute atomic E-state index is 10.1. The number of aliphatic hydroxyl groups excluding tert-OH is 4. The van der Waals surface area contributed by atoms with Gasteiger partial charge in [0.2, 0.25) is 0 Å². The van der Waals surface area contributed by atoms with Crippen molar-refractivity contribution < 1.29 is 39.9 Å². The second-order valence-electron chi connectivity index (χ2n) is 3.08. The van der Waals surface area contributed by atoms with Gasteiger partial charge in [0.25, 0.3) is 0 Å². The molecule has 0 bridgehead atoms. The number of hydrogen-bond donors (Lipinski definition) is 5. The quantitative estimate of drug-likeness (QED) is 0.277. The third-order valence-electron chi connectivity index (χ3n) is 1.75. The highest BCUT2D eigenvalue weighted by atomic mass is 16.5. The van der Waals surface area contributed by atoms with Crippen molar-refractivity contribution in [3.8, 4) is 0 Å². The monoisotopic (exact) mass is 238 g/mol. The zero-order valence-electron chi connectivity index (χ0n) is 8.26. The SMILES string of the molecule is O=C[C@H](O)[C@@H](O)[C@H](O)[C@H](O)COCC(=O)O. The van der Waals surface area contributed by atoms with Crippen LogP contribution in [0.3, 0.4) is 0 Å². The van der Waals surface area contributed by atoms with Crippen LogP contribution in [0.25, 0.3) is 0 Å². The number of aliphatic hydroxyl groups is 4. The molecule has 0 amide bonds. The average Bonchev–Trinajstić information content (AvgIpc) is 2.25. The summed E-state index contributed by atoms with van der Waals surface area (Å²) in [7, 11) is 0. The lowest BCUT2D eigenvalue weighted by atomic mass is 10.0. The van der Waals surface area contributed by atoms with Crippen LogP contribution in [0.1, 0.15) is 0 Å². The summed E-state index contributed by atoms with van der Waals surface area (Å²) in [5, 5.41) is 44.5. The van der Waals surface area contributed by atoms with E-state index < -0.39 is 43.6 Å². The molecule has 0 spiro atoms. The molecule has 0 heterocycles. The maximum atomic E-state index is 10.1. The molecule has 0 rings (SSSR count). The zero-order valence-corrected chi connectivity index (χ0v) is 8.26. The summed E-state index contributed by atoms with van der Waals surface area (Å²) in [6.07, 6.45) is -7.11. The minimum Gasteiger partial charge on any atom is -0.480 e. The van der Waals surface area contributed by atoms with Crippen molar-refractivity contribution in [1.29, 1.82) is 0 Å². The topological polar surface area (TPSA) is 145 Å². The first-order chi connectivity index (χ1) is 7.40. The first-order valence-electron chi connectivity index (χ1n) is 4.37. The van der Waals surface area contributed by atoms with Crippen LogP contribution in [0.2, 0.25) is 0 Å². The predicted molar refractivity (Wildman–Crippen MR) is 48.5 cm³/mol. The smallest absolute Gasteiger partial charge is 0.329 e. The standard InChI is InChI=1S/C8H14O8/c9-1-4(10)7(14)8(15)5(11)2-16-3-6(12)13/h1,4-5,7-8,10-11,14-15H,2-3H2,(H,12,13)/t4-,5+,7+,8+/m0/s1. The van der Waals surface area contributed by atoms with Gasteiger partial charge in [-0.2, -0.15) is 0 Å². The Kier molecular flexibility index (Phi) is 6.77. The summed E-state index contributed by atoms with van der Waals surface area (Å²) in [5.41, 5.74) is 0. The minimum atomic E-state index is -1.86. The molecule has 0 aliphatic carbocycles. The van der Waals surface area contributed by atoms with Gasteiger partial charge in [-0.1, -0.05) is 0 Å². The van der Waals surface area contributed by atoms with Gasteiger partial charge in [0.1, 0.15) is 31.0 Å². The molecule has 0 aromatic heterocycles. The fraction of sp³-hybridized carbons (Fsp3) is 0.750. The summed E-state index contributed by atoms with van der Waals surface area (Å²) in [6, 6.07) is 0. The molecule has 0 radical (unpaired) electrons. The van der Waals surface area contributed by atoms with Gasteiger partial charge in [0.05, 0.1) is 6.61 Å². The Morgan fingerprint density at radius 2 is 1.75 bits per heavy atom. The van der Waals surface area contributed by atoms with Crippen molar-refractivity contribution in [2.45, 2.75) is 24.4 Å². The Morgan fingerprint density at radius 1 is 1.19 bits per heavy atom. The molecule has 5 N–H and O–H groups in total. The van der Waals surface area contributed by atoms with E-state index in [2.05, 4.69) is 4.74 Å². The highest BCUT2D eigenvalue weighted by molar-refractivity contribution is 5.67. The average molecular weight is 238 g/mol. The van der Waals surface area contributed by atoms with Crippen molar-refractivity contribution in [2.75, 3.05) is 13.2 Å². The van der Waals surface area contributed by atoms with Crippen LogP contribution in [0.5, 0.6) is 0 Å². The molecule has 0 aromatic carbocycles. The molecule has 0 saturated heterocycles. The summed E-state index contributed by atoms with van der Waals surface area (Å²) in [5.74, 6) is -1.25. The van der Waals surface area contributed by atoms with Crippen molar-refractivity contribution in [1.82, 2.24) is 0 Å². The molecule has 94 valence electrons. The van der Waals surface area contributed by atoms with Gasteiger partial charge in [0, 0.05) is 0 Å². The van der Waals surface area contributed by atoms with Gasteiger partial charge in [-0.15, -0.1) is 0 Å². The van der Waals surface area contributed by atoms with Crippen molar-refractivity contribution in [2.24, 2.45) is 0 Å². The summed E-state index contributed by atoms with van der Waals surface area (Å²) >= 11 is 0. The molecule has 8 heteroatoms. The molecule has 0 unspecified atom stereocenters. The van der Waals surface area contributed by atoms with Crippen molar-refractivity contribution >= 4 is 12.3 Å². The largest absolute Gasteiger partial charge is 0.480 e. The Balaban J connectivity index is 4.01. The van der Waals surface area contributed by atoms with E-state index in [9.17, 15) is 19.8 Å². The summed E-state index contributed by atoms with van der Waals surface area (Å²) < 4.78 is 4.45. The zero-order chi connectivity index (χ0) is 12.7. The Labute approximate surface area is 90.7 Å². The summed E-state index contributed by atoms with van der Waals surface area (Å²) in [6.45, 7) is -1.22. The predicted octanol–water partition coefficient (Wildman–Crippen LogP) is -3.27. The highest BCUT2D eigenvalue weighted by Gasteiger charge is 2.30. The fourth-order valence-electron chi connectivity index (χ4n) is 0.876. The van der Waals surface area contributed by atoms with Crippen molar-refractivity contribution in [3.05, 3.63) is 0 Å². The van der Waals surface area contributed by atoms with E-state index in [0.717, 1.165) is 0 Å². The van der Waals surface area contributed by atoms with E-state index in [0.29, 0.717) is 0 Å². The number of aldehydes is 1. The number of hydrogen-bond acceptors (Lipinski definition) is 7. The van der Waals surface area contributed by atoms with Crippen LogP contribution < -0.4 is 0 Å². The molecular formula is C8H14O8. The third kappa shape index (κ3) is 5.14. The van der Waals surface area contributed by atoms with Gasteiger partial charge in [-0.05, 0) is 0 Å². The van der Waals surface area contributed by atoms with Crippen LogP contribution in [0, 0.1) is 0 Å². The van der Waals surface area contributed by atoms with Crippen LogP contribution in [-0.2, 0) is 14.3 Å². The summed E-state index contributed by atoms with van der Waals surface area (Å²) in [4.78, 5) is 20.1. The number of carboxylic acids is 1. The number of carboxylic acid groups (broad SMARTS) is 1. The van der Waals surface area contributed by atoms with E-state index in [-0.39, 0.29) is 6.29 Å². The molecular weight excluding hydrogens is 224 g/mol. The Bertz CT molecular complexity index is 230. The van der Waals surface area contributed by atoms with Crippen molar-refractivity contribution in [3.63, 3.8) is 0 Å². The molecule has 0 aliphatic heterocycles. The minimum absolute atomic E-state index is 0.00128. The number of aliphatic carboxylic acids is 1. The second-order valence-corrected chi connectivity index (χ2v) is 3.08. The second kappa shape index (κ2) is 7.25. The number of rotatable bonds is 8. The molecule has 0 saturated carbocycles. The van der Waals surface area contributed by atoms with Gasteiger partial charge < -0.3 is 35.1 Å². The number of ether oxygens (including phenoxy) is 1. The van der Waals surface area contributed by atoms with Crippen LogP contribution >= 0.6 is 0 Å². The first-order valence-corrected chi connectivity index (χ1v) is 4.37. The lowest BCUT2D eigenvalue weighted by Crippen LogP contribution is -2.46. The van der Waals surface area contributed by atoms with Crippen LogP contribution in [0.4, 0.5) is 0 Å². The Hall–Kier alpha value is -1.06. The molecule has 16 heavy (non-hydrogen) atoms. The first kappa shape index (κ1) is 14.9. The number of carbonyl (C=O) groups is 2. The van der Waals surface area contributed by atoms with Crippen LogP contribution in [0.15, 0.2) is 0 Å². The van der Waals surface area contributed by atoms with E-state index in [1.54, 1.807) is 0 Å². The molecule has 4 atom stereocenters. The maximum Gasteiger partial charge on any atom is 0.329 e. The van der Waals surface area contributed by atoms with Gasteiger partial charge in [-0.25, -0.2) is 4.79 Å². The van der Waals surface area contributed by atoms with Gasteiger partial charge in [0.15, 0.2) is 6.29 Å². The lowest BCUT2D eigenvalue weighted by molar-refractivity contribution is -0.148. The molecule has 0 aromatic rings. The van der Waals surface area contributed by atoms with Gasteiger partial charge in [-0.3, -0.25) is 0 Å². The molecule has 0 aliphatic rings. The van der Waals surface area contributed by atoms with E-state index in [1.165, 1.54) is 0 Å². The van der Waals surface area contributed by atoms with Crippen LogP contribution in [-0.4, -0.2) is 75.4 Å². The Morgan fingerprint density at radius 3 is 2.19 bits per heavy atom. The van der Waals surface area contributed by atoms with E-state index in [4.69, 9.17) is 15.3 Å². The number of carbonyl (C=O) groups excluding carboxylic acids is 1. The van der Waals surface area contributed by atoms with Gasteiger partial charge >= 0.3 is 5.97 Å². The fourth-order valence-corrected chi connectivity index (χ4v) is 0.876. The molecule has 8 nitrogen and oxygen atoms in total. The lowest BCUT2D eigenvalue weighted by Gasteiger charge is -2.23. The third-order valence-corrected chi connectivity index (χ3v) is 1.75. The highest BCUT2D eigenvalue weighted by Crippen LogP contribution is 2.04.